The Morgan fingerprint density at radius 2 is 1.90 bits per heavy atom. The number of hydrogen-bond donors (Lipinski definition) is 1. The fraction of sp³-hybridized carbons (Fsp3) is 0.286. The van der Waals surface area contributed by atoms with Crippen molar-refractivity contribution < 1.29 is 4.42 Å². The zero-order valence-corrected chi connectivity index (χ0v) is 11.9. The van der Waals surface area contributed by atoms with Crippen molar-refractivity contribution >= 4 is 0 Å². The van der Waals surface area contributed by atoms with Gasteiger partial charge in [-0.15, -0.1) is 15.3 Å². The maximum absolute atomic E-state index is 5.98. The molecule has 3 aromatic rings. The van der Waals surface area contributed by atoms with Crippen LogP contribution in [0.15, 0.2) is 40.9 Å². The van der Waals surface area contributed by atoms with Gasteiger partial charge in [0, 0.05) is 5.56 Å². The molecule has 1 aromatic carbocycles. The lowest BCUT2D eigenvalue weighted by atomic mass is 10.0. The summed E-state index contributed by atoms with van der Waals surface area (Å²) < 4.78 is 7.26. The first-order valence-electron chi connectivity index (χ1n) is 6.60. The normalized spacial score (nSPS) is 11.8. The van der Waals surface area contributed by atoms with Gasteiger partial charge in [0.25, 0.3) is 0 Å². The van der Waals surface area contributed by atoms with Crippen LogP contribution in [0.3, 0.4) is 0 Å². The fourth-order valence-corrected chi connectivity index (χ4v) is 1.82. The SMILES string of the molecule is CC(C)(N)c1cn(Cc2nnc(-c3ccccc3)o2)nn1. The van der Waals surface area contributed by atoms with Crippen LogP contribution in [0.2, 0.25) is 0 Å². The first kappa shape index (κ1) is 13.4. The molecule has 0 saturated carbocycles. The van der Waals surface area contributed by atoms with E-state index in [1.54, 1.807) is 10.9 Å². The number of hydrogen-bond acceptors (Lipinski definition) is 6. The predicted molar refractivity (Wildman–Crippen MR) is 76.1 cm³/mol. The molecule has 0 aliphatic heterocycles. The minimum absolute atomic E-state index is 0.364. The molecule has 0 aliphatic rings. The fourth-order valence-electron chi connectivity index (χ4n) is 1.82. The van der Waals surface area contributed by atoms with Crippen LogP contribution in [-0.4, -0.2) is 25.2 Å². The molecular formula is C14H16N6O. The van der Waals surface area contributed by atoms with Crippen molar-refractivity contribution in [3.8, 4) is 11.5 Å². The van der Waals surface area contributed by atoms with Crippen molar-refractivity contribution in [1.29, 1.82) is 0 Å². The van der Waals surface area contributed by atoms with E-state index in [2.05, 4.69) is 20.5 Å². The van der Waals surface area contributed by atoms with Gasteiger partial charge in [-0.25, -0.2) is 4.68 Å². The molecule has 0 unspecified atom stereocenters. The molecule has 2 aromatic heterocycles. The maximum Gasteiger partial charge on any atom is 0.247 e. The zero-order valence-electron chi connectivity index (χ0n) is 11.9. The Morgan fingerprint density at radius 1 is 1.14 bits per heavy atom. The summed E-state index contributed by atoms with van der Waals surface area (Å²) in [7, 11) is 0. The van der Waals surface area contributed by atoms with Crippen LogP contribution >= 0.6 is 0 Å². The van der Waals surface area contributed by atoms with E-state index in [0.717, 1.165) is 5.56 Å². The highest BCUT2D eigenvalue weighted by atomic mass is 16.4. The van der Waals surface area contributed by atoms with Gasteiger partial charge in [-0.2, -0.15) is 0 Å². The lowest BCUT2D eigenvalue weighted by Crippen LogP contribution is -2.29. The highest BCUT2D eigenvalue weighted by Crippen LogP contribution is 2.18. The molecule has 0 fully saturated rings. The minimum atomic E-state index is -0.526. The number of rotatable bonds is 4. The molecule has 2 heterocycles. The van der Waals surface area contributed by atoms with E-state index in [-0.39, 0.29) is 0 Å². The summed E-state index contributed by atoms with van der Waals surface area (Å²) in [5, 5.41) is 16.1. The maximum atomic E-state index is 5.98. The van der Waals surface area contributed by atoms with Crippen molar-refractivity contribution in [1.82, 2.24) is 25.2 Å². The summed E-state index contributed by atoms with van der Waals surface area (Å²) >= 11 is 0. The molecule has 21 heavy (non-hydrogen) atoms. The molecule has 0 atom stereocenters. The standard InChI is InChI=1S/C14H16N6O/c1-14(2,15)11-8-20(19-16-11)9-12-17-18-13(21-12)10-6-4-3-5-7-10/h3-8H,9,15H2,1-2H3. The average molecular weight is 284 g/mol. The Labute approximate surface area is 121 Å². The van der Waals surface area contributed by atoms with Gasteiger partial charge in [-0.1, -0.05) is 23.4 Å². The Morgan fingerprint density at radius 3 is 2.57 bits per heavy atom. The molecule has 7 heteroatoms. The molecule has 0 bridgehead atoms. The minimum Gasteiger partial charge on any atom is -0.419 e. The smallest absolute Gasteiger partial charge is 0.247 e. The molecule has 2 N–H and O–H groups in total. The van der Waals surface area contributed by atoms with E-state index in [4.69, 9.17) is 10.2 Å². The number of aromatic nitrogens is 5. The van der Waals surface area contributed by atoms with Crippen molar-refractivity contribution in [2.24, 2.45) is 5.73 Å². The third-order valence-corrected chi connectivity index (χ3v) is 2.98. The summed E-state index contributed by atoms with van der Waals surface area (Å²) in [5.74, 6) is 0.963. The second-order valence-electron chi connectivity index (χ2n) is 5.39. The predicted octanol–water partition coefficient (Wildman–Crippen LogP) is 1.57. The van der Waals surface area contributed by atoms with Crippen LogP contribution in [-0.2, 0) is 12.1 Å². The first-order valence-corrected chi connectivity index (χ1v) is 6.60. The third kappa shape index (κ3) is 2.97. The van der Waals surface area contributed by atoms with Gasteiger partial charge in [0.2, 0.25) is 11.8 Å². The van der Waals surface area contributed by atoms with E-state index < -0.39 is 5.54 Å². The van der Waals surface area contributed by atoms with Gasteiger partial charge < -0.3 is 10.2 Å². The van der Waals surface area contributed by atoms with Gasteiger partial charge in [-0.3, -0.25) is 0 Å². The van der Waals surface area contributed by atoms with Gasteiger partial charge in [0.1, 0.15) is 12.2 Å². The Balaban J connectivity index is 1.77. The lowest BCUT2D eigenvalue weighted by molar-refractivity contribution is 0.469. The molecule has 0 amide bonds. The topological polar surface area (TPSA) is 95.7 Å². The van der Waals surface area contributed by atoms with Crippen molar-refractivity contribution in [3.63, 3.8) is 0 Å². The van der Waals surface area contributed by atoms with E-state index in [1.165, 1.54) is 0 Å². The summed E-state index contributed by atoms with van der Waals surface area (Å²) in [6, 6.07) is 9.62. The number of nitrogens with zero attached hydrogens (tertiary/aromatic N) is 5. The van der Waals surface area contributed by atoms with Crippen molar-refractivity contribution in [3.05, 3.63) is 48.1 Å². The Bertz CT molecular complexity index is 725. The van der Waals surface area contributed by atoms with Crippen molar-refractivity contribution in [2.75, 3.05) is 0 Å². The van der Waals surface area contributed by atoms with E-state index in [9.17, 15) is 0 Å². The largest absolute Gasteiger partial charge is 0.419 e. The molecule has 108 valence electrons. The summed E-state index contributed by atoms with van der Waals surface area (Å²) in [6.45, 7) is 4.12. The zero-order chi connectivity index (χ0) is 14.9. The van der Waals surface area contributed by atoms with Crippen LogP contribution in [0.25, 0.3) is 11.5 Å². The molecule has 7 nitrogen and oxygen atoms in total. The first-order chi connectivity index (χ1) is 10.0. The van der Waals surface area contributed by atoms with Gasteiger partial charge >= 0.3 is 0 Å². The number of benzene rings is 1. The Hall–Kier alpha value is -2.54. The summed E-state index contributed by atoms with van der Waals surface area (Å²) in [6.07, 6.45) is 1.78. The third-order valence-electron chi connectivity index (χ3n) is 2.98. The lowest BCUT2D eigenvalue weighted by Gasteiger charge is -2.13. The summed E-state index contributed by atoms with van der Waals surface area (Å²) in [5.41, 5.74) is 7.05. The summed E-state index contributed by atoms with van der Waals surface area (Å²) in [4.78, 5) is 0. The Kier molecular flexibility index (Phi) is 3.26. The second-order valence-corrected chi connectivity index (χ2v) is 5.39. The van der Waals surface area contributed by atoms with E-state index in [1.807, 2.05) is 44.2 Å². The second kappa shape index (κ2) is 5.10. The highest BCUT2D eigenvalue weighted by Gasteiger charge is 2.19. The average Bonchev–Trinajstić information content (AvgIpc) is 3.09. The molecule has 0 aliphatic carbocycles. The molecule has 0 saturated heterocycles. The van der Waals surface area contributed by atoms with Crippen LogP contribution in [0.4, 0.5) is 0 Å². The van der Waals surface area contributed by atoms with Gasteiger partial charge in [0.05, 0.1) is 11.7 Å². The van der Waals surface area contributed by atoms with Gasteiger partial charge in [0.15, 0.2) is 0 Å². The van der Waals surface area contributed by atoms with Crippen LogP contribution < -0.4 is 5.73 Å². The molecule has 3 rings (SSSR count). The van der Waals surface area contributed by atoms with E-state index in [0.29, 0.717) is 24.0 Å². The van der Waals surface area contributed by atoms with Crippen molar-refractivity contribution in [2.45, 2.75) is 25.9 Å². The van der Waals surface area contributed by atoms with E-state index >= 15 is 0 Å². The van der Waals surface area contributed by atoms with Gasteiger partial charge in [-0.05, 0) is 26.0 Å². The van der Waals surface area contributed by atoms with Crippen LogP contribution in [0, 0.1) is 0 Å². The number of nitrogens with two attached hydrogens (primary N) is 1. The quantitative estimate of drug-likeness (QED) is 0.781. The molecule has 0 spiro atoms. The van der Waals surface area contributed by atoms with Crippen LogP contribution in [0.1, 0.15) is 25.4 Å². The van der Waals surface area contributed by atoms with Crippen LogP contribution in [0.5, 0.6) is 0 Å². The highest BCUT2D eigenvalue weighted by molar-refractivity contribution is 5.51. The molecule has 0 radical (unpaired) electrons. The molecular weight excluding hydrogens is 268 g/mol. The monoisotopic (exact) mass is 284 g/mol.